The number of hydrogen-bond donors (Lipinski definition) is 1. The van der Waals surface area contributed by atoms with Gasteiger partial charge in [-0.25, -0.2) is 4.79 Å². The summed E-state index contributed by atoms with van der Waals surface area (Å²) in [6, 6.07) is 4.68. The minimum Gasteiger partial charge on any atom is -0.452 e. The molecule has 1 aromatic rings. The number of allylic oxidation sites excluding steroid dienone is 1. The molecule has 1 amide bonds. The monoisotopic (exact) mass is 301 g/mol. The molecule has 1 N–H and O–H groups in total. The van der Waals surface area contributed by atoms with Crippen LogP contribution in [0.1, 0.15) is 13.3 Å². The fraction of sp³-hybridized carbons (Fsp3) is 0.231. The fourth-order valence-electron chi connectivity index (χ4n) is 1.17. The lowest BCUT2D eigenvalue weighted by Crippen LogP contribution is -2.20. The number of esters is 1. The lowest BCUT2D eigenvalue weighted by molar-refractivity contribution is -0.142. The van der Waals surface area contributed by atoms with Crippen molar-refractivity contribution in [3.05, 3.63) is 40.4 Å². The van der Waals surface area contributed by atoms with Crippen LogP contribution in [0.5, 0.6) is 0 Å². The highest BCUT2D eigenvalue weighted by Crippen LogP contribution is 2.24. The highest BCUT2D eigenvalue weighted by molar-refractivity contribution is 6.42. The smallest absolute Gasteiger partial charge is 0.330 e. The minimum atomic E-state index is -0.550. The second kappa shape index (κ2) is 7.81. The third kappa shape index (κ3) is 5.77. The normalized spacial score (nSPS) is 10.5. The number of nitrogens with one attached hydrogen (secondary N) is 1. The zero-order chi connectivity index (χ0) is 14.3. The molecule has 1 rings (SSSR count). The van der Waals surface area contributed by atoms with Crippen LogP contribution in [-0.4, -0.2) is 18.5 Å². The van der Waals surface area contributed by atoms with Gasteiger partial charge in [0.05, 0.1) is 10.0 Å². The molecule has 0 radical (unpaired) electrons. The standard InChI is InChI=1S/C13H13Cl2NO3/c1-2-3-4-13(18)19-8-12(17)16-9-5-6-10(14)11(15)7-9/h3-7H,2,8H2,1H3,(H,16,17)/b4-3+. The molecule has 102 valence electrons. The number of benzene rings is 1. The molecule has 0 spiro atoms. The molecule has 0 heterocycles. The Kier molecular flexibility index (Phi) is 6.39. The summed E-state index contributed by atoms with van der Waals surface area (Å²) >= 11 is 11.6. The Balaban J connectivity index is 2.45. The molecule has 0 aliphatic heterocycles. The summed E-state index contributed by atoms with van der Waals surface area (Å²) in [5, 5.41) is 3.27. The molecule has 0 atom stereocenters. The van der Waals surface area contributed by atoms with Gasteiger partial charge >= 0.3 is 5.97 Å². The van der Waals surface area contributed by atoms with E-state index in [4.69, 9.17) is 27.9 Å². The summed E-state index contributed by atoms with van der Waals surface area (Å²) in [6.45, 7) is 1.54. The summed E-state index contributed by atoms with van der Waals surface area (Å²) in [4.78, 5) is 22.6. The SMILES string of the molecule is CC/C=C/C(=O)OCC(=O)Nc1ccc(Cl)c(Cl)c1. The van der Waals surface area contributed by atoms with Gasteiger partial charge in [-0.05, 0) is 24.6 Å². The molecule has 0 aliphatic carbocycles. The third-order valence-corrected chi connectivity index (χ3v) is 2.78. The van der Waals surface area contributed by atoms with Crippen molar-refractivity contribution in [1.29, 1.82) is 0 Å². The van der Waals surface area contributed by atoms with Crippen LogP contribution in [0.4, 0.5) is 5.69 Å². The predicted molar refractivity (Wildman–Crippen MR) is 75.5 cm³/mol. The van der Waals surface area contributed by atoms with E-state index in [1.807, 2.05) is 6.92 Å². The van der Waals surface area contributed by atoms with Crippen LogP contribution in [0.3, 0.4) is 0 Å². The molecule has 0 saturated carbocycles. The fourth-order valence-corrected chi connectivity index (χ4v) is 1.47. The number of carbonyl (C=O) groups is 2. The van der Waals surface area contributed by atoms with Crippen molar-refractivity contribution in [1.82, 2.24) is 0 Å². The summed E-state index contributed by atoms with van der Waals surface area (Å²) in [6.07, 6.45) is 3.66. The second-order valence-electron chi connectivity index (χ2n) is 3.60. The maximum absolute atomic E-state index is 11.5. The number of ether oxygens (including phenoxy) is 1. The number of carbonyl (C=O) groups excluding carboxylic acids is 2. The van der Waals surface area contributed by atoms with Crippen LogP contribution in [0.25, 0.3) is 0 Å². The average molecular weight is 302 g/mol. The van der Waals surface area contributed by atoms with Crippen molar-refractivity contribution in [2.24, 2.45) is 0 Å². The topological polar surface area (TPSA) is 55.4 Å². The van der Waals surface area contributed by atoms with Crippen molar-refractivity contribution in [2.75, 3.05) is 11.9 Å². The van der Waals surface area contributed by atoms with Crippen LogP contribution in [0, 0.1) is 0 Å². The first kappa shape index (κ1) is 15.5. The van der Waals surface area contributed by atoms with Gasteiger partial charge in [-0.3, -0.25) is 4.79 Å². The van der Waals surface area contributed by atoms with Gasteiger partial charge in [-0.2, -0.15) is 0 Å². The van der Waals surface area contributed by atoms with Crippen molar-refractivity contribution in [3.63, 3.8) is 0 Å². The lowest BCUT2D eigenvalue weighted by Gasteiger charge is -2.06. The largest absolute Gasteiger partial charge is 0.452 e. The number of hydrogen-bond acceptors (Lipinski definition) is 3. The van der Waals surface area contributed by atoms with E-state index in [0.29, 0.717) is 15.7 Å². The minimum absolute atomic E-state index is 0.336. The zero-order valence-corrected chi connectivity index (χ0v) is 11.8. The van der Waals surface area contributed by atoms with E-state index in [9.17, 15) is 9.59 Å². The first-order valence-electron chi connectivity index (χ1n) is 5.61. The van der Waals surface area contributed by atoms with Crippen LogP contribution in [0.2, 0.25) is 10.0 Å². The van der Waals surface area contributed by atoms with Gasteiger partial charge in [0.15, 0.2) is 6.61 Å². The van der Waals surface area contributed by atoms with Gasteiger partial charge in [0.1, 0.15) is 0 Å². The highest BCUT2D eigenvalue weighted by atomic mass is 35.5. The van der Waals surface area contributed by atoms with Crippen molar-refractivity contribution in [3.8, 4) is 0 Å². The van der Waals surface area contributed by atoms with Crippen molar-refractivity contribution in [2.45, 2.75) is 13.3 Å². The maximum atomic E-state index is 11.5. The Hall–Kier alpha value is -1.52. The Morgan fingerprint density at radius 3 is 2.68 bits per heavy atom. The lowest BCUT2D eigenvalue weighted by atomic mass is 10.3. The molecule has 4 nitrogen and oxygen atoms in total. The average Bonchev–Trinajstić information content (AvgIpc) is 2.38. The molecule has 19 heavy (non-hydrogen) atoms. The number of rotatable bonds is 5. The Bertz CT molecular complexity index is 501. The van der Waals surface area contributed by atoms with E-state index in [2.05, 4.69) is 5.32 Å². The van der Waals surface area contributed by atoms with Gasteiger partial charge in [0.25, 0.3) is 5.91 Å². The number of amides is 1. The second-order valence-corrected chi connectivity index (χ2v) is 4.41. The van der Waals surface area contributed by atoms with Crippen molar-refractivity contribution >= 4 is 40.8 Å². The van der Waals surface area contributed by atoms with Crippen LogP contribution < -0.4 is 5.32 Å². The molecule has 0 aliphatic rings. The van der Waals surface area contributed by atoms with E-state index < -0.39 is 11.9 Å². The molecule has 0 fully saturated rings. The van der Waals surface area contributed by atoms with Crippen molar-refractivity contribution < 1.29 is 14.3 Å². The summed E-state index contributed by atoms with van der Waals surface area (Å²) in [5.41, 5.74) is 0.486. The molecule has 0 aromatic heterocycles. The van der Waals surface area contributed by atoms with Gasteiger partial charge in [-0.15, -0.1) is 0 Å². The van der Waals surface area contributed by atoms with Crippen LogP contribution in [0.15, 0.2) is 30.4 Å². The molecule has 0 saturated heterocycles. The first-order valence-corrected chi connectivity index (χ1v) is 6.36. The number of anilines is 1. The van der Waals surface area contributed by atoms with E-state index >= 15 is 0 Å². The van der Waals surface area contributed by atoms with Crippen LogP contribution >= 0.6 is 23.2 Å². The third-order valence-electron chi connectivity index (χ3n) is 2.04. The molecular weight excluding hydrogens is 289 g/mol. The van der Waals surface area contributed by atoms with Gasteiger partial charge in [0, 0.05) is 11.8 Å². The van der Waals surface area contributed by atoms with E-state index in [1.54, 1.807) is 18.2 Å². The molecule has 0 bridgehead atoms. The van der Waals surface area contributed by atoms with Gasteiger partial charge in [0.2, 0.25) is 0 Å². The molecular formula is C13H13Cl2NO3. The highest BCUT2D eigenvalue weighted by Gasteiger charge is 2.06. The molecule has 0 unspecified atom stereocenters. The van der Waals surface area contributed by atoms with E-state index in [-0.39, 0.29) is 6.61 Å². The molecule has 6 heteroatoms. The Morgan fingerprint density at radius 1 is 1.32 bits per heavy atom. The zero-order valence-electron chi connectivity index (χ0n) is 10.3. The van der Waals surface area contributed by atoms with Gasteiger partial charge in [-0.1, -0.05) is 36.2 Å². The summed E-state index contributed by atoms with van der Waals surface area (Å²) < 4.78 is 4.74. The summed E-state index contributed by atoms with van der Waals surface area (Å²) in [5.74, 6) is -0.997. The quantitative estimate of drug-likeness (QED) is 0.669. The molecule has 1 aromatic carbocycles. The maximum Gasteiger partial charge on any atom is 0.330 e. The predicted octanol–water partition coefficient (Wildman–Crippen LogP) is 3.44. The van der Waals surface area contributed by atoms with Gasteiger partial charge < -0.3 is 10.1 Å². The first-order chi connectivity index (χ1) is 9.02. The Labute approximate surface area is 121 Å². The number of halogens is 2. The Morgan fingerprint density at radius 2 is 2.05 bits per heavy atom. The van der Waals surface area contributed by atoms with Crippen LogP contribution in [-0.2, 0) is 14.3 Å². The van der Waals surface area contributed by atoms with E-state index in [0.717, 1.165) is 6.42 Å². The van der Waals surface area contributed by atoms with E-state index in [1.165, 1.54) is 12.1 Å². The summed E-state index contributed by atoms with van der Waals surface area (Å²) in [7, 11) is 0.